The van der Waals surface area contributed by atoms with Gasteiger partial charge in [0.2, 0.25) is 11.8 Å². The number of primary amides is 2. The van der Waals surface area contributed by atoms with Crippen molar-refractivity contribution in [2.75, 3.05) is 25.0 Å². The van der Waals surface area contributed by atoms with E-state index in [4.69, 9.17) is 11.5 Å². The highest BCUT2D eigenvalue weighted by Crippen LogP contribution is 2.25. The van der Waals surface area contributed by atoms with Gasteiger partial charge in [-0.1, -0.05) is 21.9 Å². The maximum Gasteiger partial charge on any atom is 0.256 e. The molecule has 2 amide bonds. The summed E-state index contributed by atoms with van der Waals surface area (Å²) in [6.45, 7) is -0.369. The lowest BCUT2D eigenvalue weighted by Crippen LogP contribution is -2.41. The Balaban J connectivity index is 2.03. The van der Waals surface area contributed by atoms with E-state index in [1.165, 1.54) is 24.3 Å². The molecule has 0 unspecified atom stereocenters. The number of nitrogens with zero attached hydrogens (tertiary/aromatic N) is 2. The SMILES string of the molecule is CN(CCN(S(=O)(=O)c1ccc(C(N)=O)cc1)S(=O)(=O)c1ccc(C(N)=O)cc1)c1ccccc1. The third-order valence-corrected chi connectivity index (χ3v) is 9.58. The van der Waals surface area contributed by atoms with Crippen LogP contribution < -0.4 is 16.4 Å². The third-order valence-electron chi connectivity index (χ3n) is 5.22. The fourth-order valence-corrected chi connectivity index (χ4v) is 6.85. The highest BCUT2D eigenvalue weighted by atomic mass is 32.3. The average molecular weight is 517 g/mol. The van der Waals surface area contributed by atoms with Crippen molar-refractivity contribution >= 4 is 37.5 Å². The number of nitrogens with two attached hydrogens (primary N) is 2. The van der Waals surface area contributed by atoms with E-state index >= 15 is 0 Å². The number of hydrogen-bond acceptors (Lipinski definition) is 7. The second kappa shape index (κ2) is 10.3. The molecule has 35 heavy (non-hydrogen) atoms. The second-order valence-corrected chi connectivity index (χ2v) is 11.5. The maximum atomic E-state index is 13.5. The van der Waals surface area contributed by atoms with Crippen molar-refractivity contribution in [2.24, 2.45) is 11.5 Å². The normalized spacial score (nSPS) is 11.8. The maximum absolute atomic E-state index is 13.5. The fraction of sp³-hybridized carbons (Fsp3) is 0.130. The molecule has 0 atom stereocenters. The molecule has 3 rings (SSSR count). The van der Waals surface area contributed by atoms with Crippen LogP contribution in [0, 0.1) is 0 Å². The van der Waals surface area contributed by atoms with Gasteiger partial charge in [0, 0.05) is 37.0 Å². The second-order valence-electron chi connectivity index (χ2n) is 7.54. The number of carbonyl (C=O) groups is 2. The lowest BCUT2D eigenvalue weighted by molar-refractivity contribution is 0.0992. The molecule has 0 saturated heterocycles. The first-order valence-electron chi connectivity index (χ1n) is 10.3. The van der Waals surface area contributed by atoms with Crippen LogP contribution >= 0.6 is 0 Å². The molecule has 12 heteroatoms. The molecular formula is C23H24N4O6S2. The number of likely N-dealkylation sites (N-methyl/N-ethyl adjacent to an activating group) is 1. The first-order valence-corrected chi connectivity index (χ1v) is 13.2. The van der Waals surface area contributed by atoms with Gasteiger partial charge in [0.1, 0.15) is 0 Å². The van der Waals surface area contributed by atoms with Crippen molar-refractivity contribution in [3.63, 3.8) is 0 Å². The molecule has 10 nitrogen and oxygen atoms in total. The minimum atomic E-state index is -4.58. The predicted octanol–water partition coefficient (Wildman–Crippen LogP) is 1.40. The molecule has 0 heterocycles. The summed E-state index contributed by atoms with van der Waals surface area (Å²) < 4.78 is 54.4. The highest BCUT2D eigenvalue weighted by Gasteiger charge is 2.36. The fourth-order valence-electron chi connectivity index (χ4n) is 3.23. The number of amides is 2. The largest absolute Gasteiger partial charge is 0.373 e. The summed E-state index contributed by atoms with van der Waals surface area (Å²) in [4.78, 5) is 23.8. The Morgan fingerprint density at radius 1 is 0.657 bits per heavy atom. The standard InChI is InChI=1S/C23H24N4O6S2/c1-26(19-5-3-2-4-6-19)15-16-27(34(30,31)20-11-7-17(8-12-20)22(24)28)35(32,33)21-13-9-18(10-14-21)23(25)29/h2-14H,15-16H2,1H3,(H2,24,28)(H2,25,29). The first kappa shape index (κ1) is 25.9. The Labute approximate surface area is 203 Å². The van der Waals surface area contributed by atoms with Crippen LogP contribution in [0.15, 0.2) is 88.7 Å². The van der Waals surface area contributed by atoms with E-state index in [0.29, 0.717) is 3.71 Å². The number of para-hydroxylation sites is 1. The van der Waals surface area contributed by atoms with E-state index in [-0.39, 0.29) is 27.5 Å². The van der Waals surface area contributed by atoms with Gasteiger partial charge in [-0.05, 0) is 60.7 Å². The Bertz CT molecular complexity index is 1340. The number of hydrogen-bond donors (Lipinski definition) is 2. The molecule has 0 radical (unpaired) electrons. The van der Waals surface area contributed by atoms with Crippen molar-refractivity contribution in [3.05, 3.63) is 90.0 Å². The predicted molar refractivity (Wildman–Crippen MR) is 131 cm³/mol. The minimum Gasteiger partial charge on any atom is -0.373 e. The van der Waals surface area contributed by atoms with Gasteiger partial charge in [0.05, 0.1) is 9.79 Å². The molecule has 4 N–H and O–H groups in total. The van der Waals surface area contributed by atoms with E-state index in [0.717, 1.165) is 30.0 Å². The van der Waals surface area contributed by atoms with E-state index in [9.17, 15) is 26.4 Å². The molecule has 184 valence electrons. The monoisotopic (exact) mass is 516 g/mol. The summed E-state index contributed by atoms with van der Waals surface area (Å²) in [6.07, 6.45) is 0. The van der Waals surface area contributed by atoms with Gasteiger partial charge in [-0.3, -0.25) is 9.59 Å². The van der Waals surface area contributed by atoms with Gasteiger partial charge in [0.15, 0.2) is 0 Å². The molecule has 0 aliphatic heterocycles. The minimum absolute atomic E-state index is 0.0429. The quantitative estimate of drug-likeness (QED) is 0.412. The van der Waals surface area contributed by atoms with Gasteiger partial charge < -0.3 is 16.4 Å². The number of sulfonamides is 2. The Kier molecular flexibility index (Phi) is 7.58. The Morgan fingerprint density at radius 3 is 1.43 bits per heavy atom. The van der Waals surface area contributed by atoms with E-state index < -0.39 is 38.4 Å². The van der Waals surface area contributed by atoms with E-state index in [1.807, 2.05) is 6.07 Å². The number of anilines is 1. The Hall–Kier alpha value is -3.74. The zero-order chi connectivity index (χ0) is 25.8. The highest BCUT2D eigenvalue weighted by molar-refractivity contribution is 8.04. The van der Waals surface area contributed by atoms with Crippen LogP contribution in [0.25, 0.3) is 0 Å². The molecule has 0 aliphatic carbocycles. The van der Waals surface area contributed by atoms with Crippen molar-refractivity contribution in [1.82, 2.24) is 3.71 Å². The summed E-state index contributed by atoms with van der Waals surface area (Å²) in [7, 11) is -7.45. The summed E-state index contributed by atoms with van der Waals surface area (Å²) in [6, 6.07) is 18.3. The van der Waals surface area contributed by atoms with Crippen LogP contribution in [0.1, 0.15) is 20.7 Å². The molecule has 3 aromatic carbocycles. The summed E-state index contributed by atoms with van der Waals surface area (Å²) in [5.74, 6) is -1.50. The third kappa shape index (κ3) is 5.67. The van der Waals surface area contributed by atoms with Crippen molar-refractivity contribution in [1.29, 1.82) is 0 Å². The molecular weight excluding hydrogens is 492 g/mol. The van der Waals surface area contributed by atoms with Crippen LogP contribution in [-0.4, -0.2) is 52.5 Å². The topological polar surface area (TPSA) is 161 Å². The molecule has 3 aromatic rings. The van der Waals surface area contributed by atoms with Crippen LogP contribution in [0.4, 0.5) is 5.69 Å². The number of carbonyl (C=O) groups excluding carboxylic acids is 2. The molecule has 0 aromatic heterocycles. The van der Waals surface area contributed by atoms with Crippen molar-refractivity contribution < 1.29 is 26.4 Å². The number of rotatable bonds is 10. The van der Waals surface area contributed by atoms with Gasteiger partial charge in [-0.25, -0.2) is 16.8 Å². The van der Waals surface area contributed by atoms with Gasteiger partial charge >= 0.3 is 0 Å². The molecule has 0 aliphatic rings. The van der Waals surface area contributed by atoms with E-state index in [1.54, 1.807) is 36.2 Å². The molecule has 0 bridgehead atoms. The molecule has 0 saturated carbocycles. The van der Waals surface area contributed by atoms with Crippen LogP contribution in [0.3, 0.4) is 0 Å². The summed E-state index contributed by atoms with van der Waals surface area (Å²) in [5.41, 5.74) is 11.3. The summed E-state index contributed by atoms with van der Waals surface area (Å²) >= 11 is 0. The van der Waals surface area contributed by atoms with Gasteiger partial charge in [0.25, 0.3) is 20.0 Å². The molecule has 0 spiro atoms. The lowest BCUT2D eigenvalue weighted by atomic mass is 10.2. The van der Waals surface area contributed by atoms with E-state index in [2.05, 4.69) is 0 Å². The van der Waals surface area contributed by atoms with Crippen LogP contribution in [0.2, 0.25) is 0 Å². The van der Waals surface area contributed by atoms with Crippen molar-refractivity contribution in [2.45, 2.75) is 9.79 Å². The average Bonchev–Trinajstić information content (AvgIpc) is 2.84. The van der Waals surface area contributed by atoms with Crippen molar-refractivity contribution in [3.8, 4) is 0 Å². The first-order chi connectivity index (χ1) is 16.4. The zero-order valence-electron chi connectivity index (χ0n) is 18.7. The summed E-state index contributed by atoms with van der Waals surface area (Å²) in [5, 5.41) is 0. The van der Waals surface area contributed by atoms with Crippen LogP contribution in [-0.2, 0) is 20.0 Å². The lowest BCUT2D eigenvalue weighted by Gasteiger charge is -2.26. The molecule has 0 fully saturated rings. The zero-order valence-corrected chi connectivity index (χ0v) is 20.4. The smallest absolute Gasteiger partial charge is 0.256 e. The van der Waals surface area contributed by atoms with Gasteiger partial charge in [-0.2, -0.15) is 0 Å². The van der Waals surface area contributed by atoms with Gasteiger partial charge in [-0.15, -0.1) is 0 Å². The van der Waals surface area contributed by atoms with Crippen LogP contribution in [0.5, 0.6) is 0 Å². The Morgan fingerprint density at radius 2 is 1.06 bits per heavy atom. The number of benzene rings is 3.